The van der Waals surface area contributed by atoms with Gasteiger partial charge in [-0.05, 0) is 12.3 Å². The molecule has 0 bridgehead atoms. The fourth-order valence-electron chi connectivity index (χ4n) is 0.600. The molecule has 2 nitrogen and oxygen atoms in total. The average molecular weight is 159 g/mol. The molecule has 0 saturated carbocycles. The molecule has 0 saturated heterocycles. The van der Waals surface area contributed by atoms with Crippen LogP contribution < -0.4 is 5.73 Å². The van der Waals surface area contributed by atoms with Gasteiger partial charge in [-0.15, -0.1) is 0 Å². The van der Waals surface area contributed by atoms with Crippen LogP contribution in [0.1, 0.15) is 40.5 Å². The van der Waals surface area contributed by atoms with Crippen molar-refractivity contribution < 1.29 is 4.79 Å². The Morgan fingerprint density at radius 1 is 1.36 bits per heavy atom. The van der Waals surface area contributed by atoms with E-state index in [9.17, 15) is 4.79 Å². The lowest BCUT2D eigenvalue weighted by Gasteiger charge is -2.04. The summed E-state index contributed by atoms with van der Waals surface area (Å²) in [4.78, 5) is 9.92. The molecule has 0 aromatic rings. The van der Waals surface area contributed by atoms with Crippen molar-refractivity contribution in [2.24, 2.45) is 11.7 Å². The van der Waals surface area contributed by atoms with E-state index in [1.807, 2.05) is 13.8 Å². The molecule has 0 unspecified atom stereocenters. The normalized spacial score (nSPS) is 11.8. The molecule has 0 aromatic heterocycles. The molecule has 0 aliphatic carbocycles. The van der Waals surface area contributed by atoms with Crippen molar-refractivity contribution in [2.75, 3.05) is 0 Å². The van der Waals surface area contributed by atoms with E-state index in [2.05, 4.69) is 13.8 Å². The summed E-state index contributed by atoms with van der Waals surface area (Å²) in [5.74, 6) is 0.523. The van der Waals surface area contributed by atoms with Crippen molar-refractivity contribution in [3.63, 3.8) is 0 Å². The van der Waals surface area contributed by atoms with Gasteiger partial charge < -0.3 is 10.5 Å². The molecule has 0 aliphatic heterocycles. The van der Waals surface area contributed by atoms with Gasteiger partial charge in [0, 0.05) is 0 Å². The fraction of sp³-hybridized carbons (Fsp3) is 0.889. The predicted octanol–water partition coefficient (Wildman–Crippen LogP) is 1.98. The van der Waals surface area contributed by atoms with Gasteiger partial charge in [0.2, 0.25) is 0 Å². The van der Waals surface area contributed by atoms with Crippen LogP contribution in [0, 0.1) is 5.92 Å². The predicted molar refractivity (Wildman–Crippen MR) is 49.5 cm³/mol. The Morgan fingerprint density at radius 3 is 1.82 bits per heavy atom. The molecule has 2 N–H and O–H groups in total. The van der Waals surface area contributed by atoms with Gasteiger partial charge in [-0.2, -0.15) is 0 Å². The van der Waals surface area contributed by atoms with Gasteiger partial charge in [0.25, 0.3) is 0 Å². The van der Waals surface area contributed by atoms with Crippen molar-refractivity contribution >= 4 is 6.29 Å². The van der Waals surface area contributed by atoms with Crippen LogP contribution in [-0.4, -0.2) is 12.3 Å². The summed E-state index contributed by atoms with van der Waals surface area (Å²) in [6, 6.07) is -0.255. The minimum atomic E-state index is -0.255. The summed E-state index contributed by atoms with van der Waals surface area (Å²) in [5.41, 5.74) is 5.31. The Morgan fingerprint density at radius 2 is 1.73 bits per heavy atom. The zero-order chi connectivity index (χ0) is 9.28. The first-order chi connectivity index (χ1) is 5.08. The largest absolute Gasteiger partial charge is 0.322 e. The van der Waals surface area contributed by atoms with Gasteiger partial charge in [0.1, 0.15) is 6.29 Å². The van der Waals surface area contributed by atoms with E-state index in [0.717, 1.165) is 12.7 Å². The molecule has 68 valence electrons. The van der Waals surface area contributed by atoms with Crippen LogP contribution in [0.3, 0.4) is 0 Å². The maximum Gasteiger partial charge on any atom is 0.136 e. The molecule has 0 amide bonds. The van der Waals surface area contributed by atoms with E-state index in [4.69, 9.17) is 5.73 Å². The van der Waals surface area contributed by atoms with Crippen molar-refractivity contribution in [1.82, 2.24) is 0 Å². The number of aldehydes is 1. The van der Waals surface area contributed by atoms with Gasteiger partial charge in [0.05, 0.1) is 6.04 Å². The Hall–Kier alpha value is -0.370. The zero-order valence-electron chi connectivity index (χ0n) is 8.13. The quantitative estimate of drug-likeness (QED) is 0.640. The molecule has 1 atom stereocenters. The first-order valence-electron chi connectivity index (χ1n) is 4.29. The van der Waals surface area contributed by atoms with Crippen molar-refractivity contribution in [3.05, 3.63) is 0 Å². The number of hydrogen-bond donors (Lipinski definition) is 1. The molecule has 0 heterocycles. The molecule has 0 spiro atoms. The van der Waals surface area contributed by atoms with Gasteiger partial charge in [-0.1, -0.05) is 34.1 Å². The molecule has 0 rings (SSSR count). The summed E-state index contributed by atoms with van der Waals surface area (Å²) in [6.07, 6.45) is 2.84. The first kappa shape index (κ1) is 13.2. The lowest BCUT2D eigenvalue weighted by atomic mass is 10.1. The van der Waals surface area contributed by atoms with Gasteiger partial charge in [0.15, 0.2) is 0 Å². The van der Waals surface area contributed by atoms with Gasteiger partial charge >= 0.3 is 0 Å². The van der Waals surface area contributed by atoms with Crippen molar-refractivity contribution in [2.45, 2.75) is 46.6 Å². The molecule has 0 fully saturated rings. The van der Waals surface area contributed by atoms with Crippen LogP contribution in [-0.2, 0) is 4.79 Å². The maximum atomic E-state index is 9.92. The maximum absolute atomic E-state index is 9.92. The summed E-state index contributed by atoms with van der Waals surface area (Å²) >= 11 is 0. The fourth-order valence-corrected chi connectivity index (χ4v) is 0.600. The highest BCUT2D eigenvalue weighted by atomic mass is 16.1. The SMILES string of the molecule is CC(C)C[C@@H](N)C=O.CCC. The third kappa shape index (κ3) is 17.7. The van der Waals surface area contributed by atoms with E-state index in [1.165, 1.54) is 6.42 Å². The summed E-state index contributed by atoms with van der Waals surface area (Å²) in [7, 11) is 0. The molecule has 0 radical (unpaired) electrons. The third-order valence-electron chi connectivity index (χ3n) is 0.918. The highest BCUT2D eigenvalue weighted by Crippen LogP contribution is 1.99. The highest BCUT2D eigenvalue weighted by molar-refractivity contribution is 5.56. The Bertz CT molecular complexity index is 81.6. The van der Waals surface area contributed by atoms with Crippen LogP contribution >= 0.6 is 0 Å². The van der Waals surface area contributed by atoms with E-state index in [0.29, 0.717) is 5.92 Å². The number of rotatable bonds is 3. The highest BCUT2D eigenvalue weighted by Gasteiger charge is 2.01. The lowest BCUT2D eigenvalue weighted by Crippen LogP contribution is -2.23. The van der Waals surface area contributed by atoms with Crippen LogP contribution in [0.25, 0.3) is 0 Å². The van der Waals surface area contributed by atoms with Gasteiger partial charge in [-0.3, -0.25) is 0 Å². The Kier molecular flexibility index (Phi) is 11.6. The molecular weight excluding hydrogens is 138 g/mol. The third-order valence-corrected chi connectivity index (χ3v) is 0.918. The van der Waals surface area contributed by atoms with Crippen LogP contribution in [0.15, 0.2) is 0 Å². The van der Waals surface area contributed by atoms with E-state index < -0.39 is 0 Å². The Balaban J connectivity index is 0. The number of carbonyl (C=O) groups excluding carboxylic acids is 1. The second-order valence-corrected chi connectivity index (χ2v) is 3.14. The van der Waals surface area contributed by atoms with E-state index >= 15 is 0 Å². The number of carbonyl (C=O) groups is 1. The second kappa shape index (κ2) is 9.63. The summed E-state index contributed by atoms with van der Waals surface area (Å²) in [5, 5.41) is 0. The Labute approximate surface area is 70.2 Å². The molecular formula is C9H21NO. The van der Waals surface area contributed by atoms with E-state index in [1.54, 1.807) is 0 Å². The monoisotopic (exact) mass is 159 g/mol. The topological polar surface area (TPSA) is 43.1 Å². The molecule has 2 heteroatoms. The average Bonchev–Trinajstić information content (AvgIpc) is 1.88. The molecule has 0 aliphatic rings. The molecule has 11 heavy (non-hydrogen) atoms. The smallest absolute Gasteiger partial charge is 0.136 e. The van der Waals surface area contributed by atoms with Crippen molar-refractivity contribution in [3.8, 4) is 0 Å². The first-order valence-corrected chi connectivity index (χ1v) is 4.29. The zero-order valence-corrected chi connectivity index (χ0v) is 8.13. The minimum Gasteiger partial charge on any atom is -0.322 e. The number of nitrogens with two attached hydrogens (primary N) is 1. The van der Waals surface area contributed by atoms with E-state index in [-0.39, 0.29) is 6.04 Å². The van der Waals surface area contributed by atoms with Crippen LogP contribution in [0.5, 0.6) is 0 Å². The summed E-state index contributed by atoms with van der Waals surface area (Å²) in [6.45, 7) is 8.34. The minimum absolute atomic E-state index is 0.255. The van der Waals surface area contributed by atoms with Crippen molar-refractivity contribution in [1.29, 1.82) is 0 Å². The number of hydrogen-bond acceptors (Lipinski definition) is 2. The van der Waals surface area contributed by atoms with Gasteiger partial charge in [-0.25, -0.2) is 0 Å². The second-order valence-electron chi connectivity index (χ2n) is 3.14. The summed E-state index contributed by atoms with van der Waals surface area (Å²) < 4.78 is 0. The van der Waals surface area contributed by atoms with Crippen LogP contribution in [0.2, 0.25) is 0 Å². The molecule has 0 aromatic carbocycles. The van der Waals surface area contributed by atoms with Crippen LogP contribution in [0.4, 0.5) is 0 Å². The lowest BCUT2D eigenvalue weighted by molar-refractivity contribution is -0.109. The standard InChI is InChI=1S/C6H13NO.C3H8/c1-5(2)3-6(7)4-8;1-3-2/h4-6H,3,7H2,1-2H3;3H2,1-2H3/t6-;/m1./s1.